The van der Waals surface area contributed by atoms with Crippen molar-refractivity contribution in [2.24, 2.45) is 0 Å². The molecule has 0 heterocycles. The molecule has 1 rings (SSSR count). The summed E-state index contributed by atoms with van der Waals surface area (Å²) >= 11 is 0. The van der Waals surface area contributed by atoms with Crippen LogP contribution in [-0.2, 0) is 0 Å². The van der Waals surface area contributed by atoms with Gasteiger partial charge in [-0.25, -0.2) is 8.78 Å². The Kier molecular flexibility index (Phi) is 2.45. The van der Waals surface area contributed by atoms with Gasteiger partial charge in [-0.05, 0) is 6.92 Å². The molecule has 0 aliphatic carbocycles. The quantitative estimate of drug-likeness (QED) is 0.491. The molecule has 0 saturated heterocycles. The molecule has 0 spiro atoms. The van der Waals surface area contributed by atoms with Crippen LogP contribution in [0.25, 0.3) is 0 Å². The van der Waals surface area contributed by atoms with Crippen molar-refractivity contribution in [2.75, 3.05) is 7.11 Å². The number of rotatable bonds is 1. The number of ether oxygens (including phenoxy) is 1. The predicted molar refractivity (Wildman–Crippen MR) is 37.3 cm³/mol. The first-order chi connectivity index (χ1) is 6.00. The van der Waals surface area contributed by atoms with E-state index < -0.39 is 34.6 Å². The first kappa shape index (κ1) is 9.83. The van der Waals surface area contributed by atoms with E-state index in [9.17, 15) is 17.6 Å². The van der Waals surface area contributed by atoms with Gasteiger partial charge in [-0.2, -0.15) is 8.78 Å². The van der Waals surface area contributed by atoms with Crippen molar-refractivity contribution in [2.45, 2.75) is 0 Å². The van der Waals surface area contributed by atoms with Gasteiger partial charge in [-0.3, -0.25) is 0 Å². The number of hydrogen-bond acceptors (Lipinski definition) is 1. The molecular formula is C8H5F4O. The first-order valence-corrected chi connectivity index (χ1v) is 3.22. The minimum atomic E-state index is -1.58. The number of halogens is 4. The average Bonchev–Trinajstić information content (AvgIpc) is 2.13. The molecule has 13 heavy (non-hydrogen) atoms. The maximum atomic E-state index is 12.8. The number of hydrogen-bond donors (Lipinski definition) is 0. The van der Waals surface area contributed by atoms with Crippen LogP contribution in [0.3, 0.4) is 0 Å². The van der Waals surface area contributed by atoms with Crippen molar-refractivity contribution in [1.82, 2.24) is 0 Å². The summed E-state index contributed by atoms with van der Waals surface area (Å²) in [5.74, 6) is -7.33. The van der Waals surface area contributed by atoms with Gasteiger partial charge in [-0.1, -0.05) is 0 Å². The van der Waals surface area contributed by atoms with Gasteiger partial charge in [0.2, 0.25) is 11.6 Å². The zero-order valence-corrected chi connectivity index (χ0v) is 6.63. The fraction of sp³-hybridized carbons (Fsp3) is 0.125. The highest BCUT2D eigenvalue weighted by Crippen LogP contribution is 2.28. The molecule has 0 bridgehead atoms. The SMILES string of the molecule is [CH2]c1c(F)c(F)c(OC)c(F)c1F. The summed E-state index contributed by atoms with van der Waals surface area (Å²) < 4.78 is 55.0. The minimum absolute atomic E-state index is 0.906. The summed E-state index contributed by atoms with van der Waals surface area (Å²) in [6, 6.07) is 0. The molecule has 0 atom stereocenters. The molecule has 0 fully saturated rings. The second-order valence-corrected chi connectivity index (χ2v) is 2.27. The molecule has 0 saturated carbocycles. The first-order valence-electron chi connectivity index (χ1n) is 3.22. The smallest absolute Gasteiger partial charge is 0.204 e. The fourth-order valence-electron chi connectivity index (χ4n) is 0.836. The highest BCUT2D eigenvalue weighted by molar-refractivity contribution is 5.35. The standard InChI is InChI=1S/C8H5F4O/c1-3-4(9)6(11)8(13-2)7(12)5(3)10/h1H2,2H3. The van der Waals surface area contributed by atoms with E-state index in [1.165, 1.54) is 0 Å². The second-order valence-electron chi connectivity index (χ2n) is 2.27. The summed E-state index contributed by atoms with van der Waals surface area (Å²) in [6.45, 7) is 2.83. The Morgan fingerprint density at radius 3 is 1.62 bits per heavy atom. The van der Waals surface area contributed by atoms with Crippen molar-refractivity contribution in [3.8, 4) is 5.75 Å². The molecule has 0 unspecified atom stereocenters. The van der Waals surface area contributed by atoms with Crippen LogP contribution in [0.15, 0.2) is 0 Å². The zero-order chi connectivity index (χ0) is 10.2. The third kappa shape index (κ3) is 1.34. The Bertz CT molecular complexity index is 319. The Balaban J connectivity index is 3.56. The molecule has 0 N–H and O–H groups in total. The molecule has 0 aromatic heterocycles. The van der Waals surface area contributed by atoms with E-state index in [-0.39, 0.29) is 0 Å². The summed E-state index contributed by atoms with van der Waals surface area (Å²) in [6.07, 6.45) is 0. The van der Waals surface area contributed by atoms with E-state index in [0.29, 0.717) is 0 Å². The molecular weight excluding hydrogens is 188 g/mol. The van der Waals surface area contributed by atoms with Gasteiger partial charge in [0, 0.05) is 5.56 Å². The lowest BCUT2D eigenvalue weighted by molar-refractivity contribution is 0.331. The number of methoxy groups -OCH3 is 1. The Morgan fingerprint density at radius 2 is 1.31 bits per heavy atom. The van der Waals surface area contributed by atoms with E-state index in [1.807, 2.05) is 0 Å². The Hall–Kier alpha value is -1.26. The summed E-state index contributed by atoms with van der Waals surface area (Å²) in [4.78, 5) is 0. The van der Waals surface area contributed by atoms with Gasteiger partial charge >= 0.3 is 0 Å². The summed E-state index contributed by atoms with van der Waals surface area (Å²) in [5, 5.41) is 0. The lowest BCUT2D eigenvalue weighted by Gasteiger charge is -2.07. The summed E-state index contributed by atoms with van der Waals surface area (Å²) in [7, 11) is 0.906. The van der Waals surface area contributed by atoms with Crippen molar-refractivity contribution < 1.29 is 22.3 Å². The van der Waals surface area contributed by atoms with Gasteiger partial charge in [-0.15, -0.1) is 0 Å². The van der Waals surface area contributed by atoms with Crippen molar-refractivity contribution in [3.05, 3.63) is 35.8 Å². The monoisotopic (exact) mass is 193 g/mol. The van der Waals surface area contributed by atoms with Crippen LogP contribution in [0, 0.1) is 30.2 Å². The minimum Gasteiger partial charge on any atom is -0.491 e. The average molecular weight is 193 g/mol. The highest BCUT2D eigenvalue weighted by atomic mass is 19.2. The van der Waals surface area contributed by atoms with Crippen molar-refractivity contribution >= 4 is 0 Å². The second kappa shape index (κ2) is 3.24. The van der Waals surface area contributed by atoms with Gasteiger partial charge in [0.05, 0.1) is 7.11 Å². The van der Waals surface area contributed by atoms with Crippen LogP contribution in [0.4, 0.5) is 17.6 Å². The molecule has 0 aliphatic heterocycles. The highest BCUT2D eigenvalue weighted by Gasteiger charge is 2.23. The van der Waals surface area contributed by atoms with Crippen LogP contribution < -0.4 is 4.74 Å². The van der Waals surface area contributed by atoms with Gasteiger partial charge < -0.3 is 4.74 Å². The maximum absolute atomic E-state index is 12.8. The van der Waals surface area contributed by atoms with E-state index in [4.69, 9.17) is 0 Å². The lowest BCUT2D eigenvalue weighted by Crippen LogP contribution is -2.03. The largest absolute Gasteiger partial charge is 0.491 e. The van der Waals surface area contributed by atoms with Crippen LogP contribution in [0.1, 0.15) is 5.56 Å². The van der Waals surface area contributed by atoms with E-state index in [0.717, 1.165) is 7.11 Å². The zero-order valence-electron chi connectivity index (χ0n) is 6.63. The predicted octanol–water partition coefficient (Wildman–Crippen LogP) is 2.43. The normalized spacial score (nSPS) is 10.3. The van der Waals surface area contributed by atoms with Crippen LogP contribution in [-0.4, -0.2) is 7.11 Å². The van der Waals surface area contributed by atoms with Crippen molar-refractivity contribution in [3.63, 3.8) is 0 Å². The third-order valence-electron chi connectivity index (χ3n) is 1.52. The van der Waals surface area contributed by atoms with E-state index in [2.05, 4.69) is 11.7 Å². The number of benzene rings is 1. The maximum Gasteiger partial charge on any atom is 0.204 e. The molecule has 1 aromatic rings. The van der Waals surface area contributed by atoms with E-state index >= 15 is 0 Å². The molecule has 5 heteroatoms. The Morgan fingerprint density at radius 1 is 0.923 bits per heavy atom. The molecule has 0 aliphatic rings. The van der Waals surface area contributed by atoms with Crippen molar-refractivity contribution in [1.29, 1.82) is 0 Å². The van der Waals surface area contributed by atoms with Crippen LogP contribution in [0.2, 0.25) is 0 Å². The van der Waals surface area contributed by atoms with Gasteiger partial charge in [0.15, 0.2) is 17.4 Å². The molecule has 0 amide bonds. The van der Waals surface area contributed by atoms with Gasteiger partial charge in [0.1, 0.15) is 0 Å². The molecule has 71 valence electrons. The van der Waals surface area contributed by atoms with Crippen LogP contribution >= 0.6 is 0 Å². The van der Waals surface area contributed by atoms with Gasteiger partial charge in [0.25, 0.3) is 0 Å². The molecule has 1 radical (unpaired) electrons. The third-order valence-corrected chi connectivity index (χ3v) is 1.52. The Labute approximate surface area is 71.9 Å². The fourth-order valence-corrected chi connectivity index (χ4v) is 0.836. The lowest BCUT2D eigenvalue weighted by atomic mass is 10.2. The summed E-state index contributed by atoms with van der Waals surface area (Å²) in [5.41, 5.74) is -0.948. The van der Waals surface area contributed by atoms with E-state index in [1.54, 1.807) is 0 Å². The topological polar surface area (TPSA) is 9.23 Å². The molecule has 1 nitrogen and oxygen atoms in total. The van der Waals surface area contributed by atoms with Crippen LogP contribution in [0.5, 0.6) is 5.75 Å². The molecule has 1 aromatic carbocycles.